The lowest BCUT2D eigenvalue weighted by Crippen LogP contribution is -2.18. The maximum Gasteiger partial charge on any atom is 0.137 e. The minimum atomic E-state index is -0.0163. The largest absolute Gasteiger partial charge is 0.492 e. The second-order valence-corrected chi connectivity index (χ2v) is 5.51. The third-order valence-electron chi connectivity index (χ3n) is 3.11. The predicted molar refractivity (Wildman–Crippen MR) is 87.4 cm³/mol. The molecule has 1 heterocycles. The first-order valence-electron chi connectivity index (χ1n) is 6.85. The molecule has 0 aliphatic heterocycles. The Labute approximate surface area is 135 Å². The van der Waals surface area contributed by atoms with Crippen LogP contribution in [0.25, 0.3) is 0 Å². The van der Waals surface area contributed by atoms with Crippen molar-refractivity contribution in [1.29, 1.82) is 0 Å². The Morgan fingerprint density at radius 1 is 1.14 bits per heavy atom. The van der Waals surface area contributed by atoms with Gasteiger partial charge in [0.1, 0.15) is 5.75 Å². The van der Waals surface area contributed by atoms with E-state index in [4.69, 9.17) is 27.9 Å². The molecule has 1 N–H and O–H groups in total. The Balaban J connectivity index is 2.30. The van der Waals surface area contributed by atoms with Gasteiger partial charge in [0.25, 0.3) is 0 Å². The highest BCUT2D eigenvalue weighted by Crippen LogP contribution is 2.29. The van der Waals surface area contributed by atoms with E-state index in [1.165, 1.54) is 0 Å². The molecule has 0 amide bonds. The molecule has 2 aromatic rings. The van der Waals surface area contributed by atoms with Gasteiger partial charge in [0.2, 0.25) is 0 Å². The lowest BCUT2D eigenvalue weighted by Gasteiger charge is -2.18. The van der Waals surface area contributed by atoms with Crippen LogP contribution in [0.3, 0.4) is 0 Å². The van der Waals surface area contributed by atoms with Crippen molar-refractivity contribution in [3.05, 3.63) is 57.8 Å². The summed E-state index contributed by atoms with van der Waals surface area (Å²) >= 11 is 12.1. The number of halogens is 2. The average molecular weight is 325 g/mol. The van der Waals surface area contributed by atoms with E-state index in [0.29, 0.717) is 16.7 Å². The van der Waals surface area contributed by atoms with Crippen LogP contribution >= 0.6 is 23.2 Å². The van der Waals surface area contributed by atoms with Crippen molar-refractivity contribution >= 4 is 23.2 Å². The third-order valence-corrected chi connectivity index (χ3v) is 3.85. The van der Waals surface area contributed by atoms with Crippen LogP contribution < -0.4 is 10.1 Å². The monoisotopic (exact) mass is 324 g/mol. The van der Waals surface area contributed by atoms with E-state index in [0.717, 1.165) is 23.3 Å². The predicted octanol–water partition coefficient (Wildman–Crippen LogP) is 4.49. The molecule has 0 fully saturated rings. The number of nitrogens with one attached hydrogen (secondary N) is 1. The molecule has 0 spiro atoms. The van der Waals surface area contributed by atoms with Crippen LogP contribution in [0, 0.1) is 0 Å². The molecule has 0 bridgehead atoms. The molecule has 3 nitrogen and oxygen atoms in total. The van der Waals surface area contributed by atoms with Gasteiger partial charge in [-0.25, -0.2) is 0 Å². The molecule has 112 valence electrons. The molecular formula is C16H18Cl2N2O. The van der Waals surface area contributed by atoms with E-state index in [1.807, 2.05) is 31.4 Å². The standard InChI is InChI=1S/C16H18Cl2N2O/c1-3-6-21-13-7-12(9-20-10-13)16(19-2)11-4-5-14(17)15(18)8-11/h4-5,7-10,16,19H,3,6H2,1-2H3. The van der Waals surface area contributed by atoms with Crippen LogP contribution in [-0.2, 0) is 0 Å². The van der Waals surface area contributed by atoms with Gasteiger partial charge < -0.3 is 10.1 Å². The van der Waals surface area contributed by atoms with Crippen molar-refractivity contribution in [2.75, 3.05) is 13.7 Å². The van der Waals surface area contributed by atoms with Crippen LogP contribution in [0.5, 0.6) is 5.75 Å². The summed E-state index contributed by atoms with van der Waals surface area (Å²) < 4.78 is 5.63. The Morgan fingerprint density at radius 2 is 1.95 bits per heavy atom. The summed E-state index contributed by atoms with van der Waals surface area (Å²) in [7, 11) is 1.90. The van der Waals surface area contributed by atoms with Crippen molar-refractivity contribution in [3.63, 3.8) is 0 Å². The first kappa shape index (κ1) is 16.1. The molecule has 1 atom stereocenters. The van der Waals surface area contributed by atoms with Gasteiger partial charge in [0.05, 0.1) is 28.9 Å². The summed E-state index contributed by atoms with van der Waals surface area (Å²) in [6.07, 6.45) is 4.51. The number of pyridine rings is 1. The molecule has 0 aliphatic rings. The molecule has 1 aromatic carbocycles. The number of benzene rings is 1. The van der Waals surface area contributed by atoms with Crippen molar-refractivity contribution in [2.24, 2.45) is 0 Å². The summed E-state index contributed by atoms with van der Waals surface area (Å²) in [6.45, 7) is 2.76. The topological polar surface area (TPSA) is 34.1 Å². The summed E-state index contributed by atoms with van der Waals surface area (Å²) in [4.78, 5) is 4.25. The first-order chi connectivity index (χ1) is 10.2. The lowest BCUT2D eigenvalue weighted by molar-refractivity contribution is 0.315. The van der Waals surface area contributed by atoms with E-state index >= 15 is 0 Å². The van der Waals surface area contributed by atoms with Crippen LogP contribution in [-0.4, -0.2) is 18.6 Å². The highest BCUT2D eigenvalue weighted by Gasteiger charge is 2.14. The third kappa shape index (κ3) is 4.10. The highest BCUT2D eigenvalue weighted by atomic mass is 35.5. The molecule has 1 unspecified atom stereocenters. The Hall–Kier alpha value is -1.29. The molecule has 0 saturated heterocycles. The number of rotatable bonds is 6. The van der Waals surface area contributed by atoms with Gasteiger partial charge in [-0.1, -0.05) is 36.2 Å². The summed E-state index contributed by atoms with van der Waals surface area (Å²) in [6, 6.07) is 7.60. The fraction of sp³-hybridized carbons (Fsp3) is 0.312. The summed E-state index contributed by atoms with van der Waals surface area (Å²) in [5, 5.41) is 4.36. The molecule has 1 aromatic heterocycles. The van der Waals surface area contributed by atoms with E-state index in [1.54, 1.807) is 12.3 Å². The summed E-state index contributed by atoms with van der Waals surface area (Å²) in [5.74, 6) is 0.773. The second kappa shape index (κ2) is 7.64. The smallest absolute Gasteiger partial charge is 0.137 e. The lowest BCUT2D eigenvalue weighted by atomic mass is 10.0. The minimum absolute atomic E-state index is 0.0163. The Kier molecular flexibility index (Phi) is 5.85. The summed E-state index contributed by atoms with van der Waals surface area (Å²) in [5.41, 5.74) is 2.05. The average Bonchev–Trinajstić information content (AvgIpc) is 2.50. The molecule has 5 heteroatoms. The molecular weight excluding hydrogens is 307 g/mol. The van der Waals surface area contributed by atoms with Crippen LogP contribution in [0.4, 0.5) is 0 Å². The molecule has 0 saturated carbocycles. The zero-order valence-electron chi connectivity index (χ0n) is 12.1. The van der Waals surface area contributed by atoms with Gasteiger partial charge in [0, 0.05) is 6.20 Å². The van der Waals surface area contributed by atoms with Gasteiger partial charge in [-0.2, -0.15) is 0 Å². The van der Waals surface area contributed by atoms with Crippen LogP contribution in [0.15, 0.2) is 36.7 Å². The van der Waals surface area contributed by atoms with Gasteiger partial charge in [-0.3, -0.25) is 4.98 Å². The number of ether oxygens (including phenoxy) is 1. The zero-order valence-corrected chi connectivity index (χ0v) is 13.6. The van der Waals surface area contributed by atoms with E-state index in [-0.39, 0.29) is 6.04 Å². The number of nitrogens with zero attached hydrogens (tertiary/aromatic N) is 1. The molecule has 0 aliphatic carbocycles. The highest BCUT2D eigenvalue weighted by molar-refractivity contribution is 6.42. The van der Waals surface area contributed by atoms with Gasteiger partial charge in [0.15, 0.2) is 0 Å². The number of hydrogen-bond acceptors (Lipinski definition) is 3. The van der Waals surface area contributed by atoms with E-state index < -0.39 is 0 Å². The van der Waals surface area contributed by atoms with Crippen LogP contribution in [0.1, 0.15) is 30.5 Å². The first-order valence-corrected chi connectivity index (χ1v) is 7.61. The Morgan fingerprint density at radius 3 is 2.62 bits per heavy atom. The quantitative estimate of drug-likeness (QED) is 0.850. The van der Waals surface area contributed by atoms with Crippen molar-refractivity contribution in [3.8, 4) is 5.75 Å². The van der Waals surface area contributed by atoms with Gasteiger partial charge in [-0.15, -0.1) is 0 Å². The fourth-order valence-corrected chi connectivity index (χ4v) is 2.42. The maximum atomic E-state index is 6.10. The number of aromatic nitrogens is 1. The SMILES string of the molecule is CCCOc1cncc(C(NC)c2ccc(Cl)c(Cl)c2)c1. The fourth-order valence-electron chi connectivity index (χ4n) is 2.11. The normalized spacial score (nSPS) is 12.2. The minimum Gasteiger partial charge on any atom is -0.492 e. The second-order valence-electron chi connectivity index (χ2n) is 4.70. The molecule has 2 rings (SSSR count). The van der Waals surface area contributed by atoms with E-state index in [9.17, 15) is 0 Å². The van der Waals surface area contributed by atoms with E-state index in [2.05, 4.69) is 17.2 Å². The number of hydrogen-bond donors (Lipinski definition) is 1. The molecule has 21 heavy (non-hydrogen) atoms. The Bertz CT molecular complexity index is 605. The van der Waals surface area contributed by atoms with Gasteiger partial charge in [-0.05, 0) is 42.8 Å². The van der Waals surface area contributed by atoms with Crippen LogP contribution in [0.2, 0.25) is 10.0 Å². The van der Waals surface area contributed by atoms with Gasteiger partial charge >= 0.3 is 0 Å². The molecule has 0 radical (unpaired) electrons. The van der Waals surface area contributed by atoms with Crippen molar-refractivity contribution < 1.29 is 4.74 Å². The maximum absolute atomic E-state index is 6.10. The van der Waals surface area contributed by atoms with Crippen molar-refractivity contribution in [1.82, 2.24) is 10.3 Å². The van der Waals surface area contributed by atoms with Crippen molar-refractivity contribution in [2.45, 2.75) is 19.4 Å². The zero-order chi connectivity index (χ0) is 15.2.